The van der Waals surface area contributed by atoms with Gasteiger partial charge in [0.05, 0.1) is 23.9 Å². The molecule has 0 atom stereocenters. The van der Waals surface area contributed by atoms with Gasteiger partial charge in [0, 0.05) is 50.7 Å². The fourth-order valence-corrected chi connectivity index (χ4v) is 6.25. The van der Waals surface area contributed by atoms with Crippen LogP contribution in [0, 0.1) is 0 Å². The highest BCUT2D eigenvalue weighted by Crippen LogP contribution is 2.38. The third kappa shape index (κ3) is 5.45. The van der Waals surface area contributed by atoms with Gasteiger partial charge in [0.15, 0.2) is 0 Å². The molecule has 4 heterocycles. The van der Waals surface area contributed by atoms with Crippen LogP contribution in [-0.4, -0.2) is 72.4 Å². The van der Waals surface area contributed by atoms with E-state index in [1.165, 1.54) is 29.5 Å². The predicted octanol–water partition coefficient (Wildman–Crippen LogP) is 4.34. The van der Waals surface area contributed by atoms with Gasteiger partial charge in [0.25, 0.3) is 0 Å². The Bertz CT molecular complexity index is 1920. The molecule has 43 heavy (non-hydrogen) atoms. The Morgan fingerprint density at radius 3 is 2.60 bits per heavy atom. The van der Waals surface area contributed by atoms with E-state index in [4.69, 9.17) is 20.4 Å². The van der Waals surface area contributed by atoms with Crippen molar-refractivity contribution in [2.24, 2.45) is 0 Å². The van der Waals surface area contributed by atoms with Crippen LogP contribution in [0.1, 0.15) is 11.1 Å². The minimum absolute atomic E-state index is 0.119. The van der Waals surface area contributed by atoms with Crippen molar-refractivity contribution in [2.45, 2.75) is 17.9 Å². The Kier molecular flexibility index (Phi) is 7.38. The minimum Gasteiger partial charge on any atom is -0.495 e. The minimum atomic E-state index is -3.76. The van der Waals surface area contributed by atoms with Crippen LogP contribution in [0.25, 0.3) is 22.2 Å². The van der Waals surface area contributed by atoms with E-state index >= 15 is 0 Å². The molecule has 13 heteroatoms. The molecule has 222 valence electrons. The Balaban J connectivity index is 1.49. The van der Waals surface area contributed by atoms with Crippen molar-refractivity contribution in [2.75, 3.05) is 51.2 Å². The lowest BCUT2D eigenvalue weighted by atomic mass is 9.99. The monoisotopic (exact) mass is 599 g/mol. The second-order valence-corrected chi connectivity index (χ2v) is 12.8. The lowest BCUT2D eigenvalue weighted by Gasteiger charge is -2.26. The quantitative estimate of drug-likeness (QED) is 0.203. The van der Waals surface area contributed by atoms with Crippen LogP contribution >= 0.6 is 0 Å². The largest absolute Gasteiger partial charge is 0.495 e. The summed E-state index contributed by atoms with van der Waals surface area (Å²) < 4.78 is 33.3. The van der Waals surface area contributed by atoms with Crippen molar-refractivity contribution in [3.05, 3.63) is 72.1 Å². The summed E-state index contributed by atoms with van der Waals surface area (Å²) in [6.45, 7) is 1.81. The van der Waals surface area contributed by atoms with E-state index in [1.807, 2.05) is 12.3 Å². The number of nitrogen functional groups attached to an aromatic ring is 1. The number of sulfonamides is 1. The highest BCUT2D eigenvalue weighted by Gasteiger charge is 2.24. The zero-order chi connectivity index (χ0) is 30.3. The van der Waals surface area contributed by atoms with Crippen LogP contribution in [0.3, 0.4) is 0 Å². The molecule has 0 saturated heterocycles. The van der Waals surface area contributed by atoms with Crippen LogP contribution in [0.5, 0.6) is 5.75 Å². The molecule has 0 aliphatic carbocycles. The smallest absolute Gasteiger partial charge is 0.244 e. The number of pyridine rings is 1. The standard InChI is InChI=1S/C30H33N9O3S/c1-38(2)43(40,41)25-8-6-5-7-22(25)34-29-27-21(19-9-10-26(31)32-15-19)16-33-28(27)36-30(37-29)35-23-13-20-17-39(3)12-11-18(20)14-24(23)42-4/h5-10,13-16H,11-12,17H2,1-4H3,(H2,31,32)(H3,33,34,35,36,37). The number of likely N-dealkylation sites (N-methyl/N-ethyl adjacent to an activating group) is 1. The number of benzene rings is 2. The van der Waals surface area contributed by atoms with Crippen LogP contribution < -0.4 is 21.1 Å². The molecule has 5 N–H and O–H groups in total. The number of hydrogen-bond donors (Lipinski definition) is 4. The summed E-state index contributed by atoms with van der Waals surface area (Å²) in [6.07, 6.45) is 4.44. The number of para-hydroxylation sites is 1. The first kappa shape index (κ1) is 28.4. The number of nitrogens with one attached hydrogen (secondary N) is 3. The van der Waals surface area contributed by atoms with Crippen LogP contribution in [0.4, 0.5) is 29.0 Å². The highest BCUT2D eigenvalue weighted by molar-refractivity contribution is 7.89. The Morgan fingerprint density at radius 1 is 1.05 bits per heavy atom. The molecular weight excluding hydrogens is 566 g/mol. The predicted molar refractivity (Wildman–Crippen MR) is 168 cm³/mol. The lowest BCUT2D eigenvalue weighted by Crippen LogP contribution is -2.26. The molecule has 5 aromatic rings. The number of anilines is 5. The summed E-state index contributed by atoms with van der Waals surface area (Å²) in [6, 6.07) is 14.4. The second-order valence-electron chi connectivity index (χ2n) is 10.6. The van der Waals surface area contributed by atoms with Crippen molar-refractivity contribution in [1.82, 2.24) is 29.1 Å². The zero-order valence-electron chi connectivity index (χ0n) is 24.3. The summed E-state index contributed by atoms with van der Waals surface area (Å²) in [4.78, 5) is 19.5. The molecule has 0 saturated carbocycles. The van der Waals surface area contributed by atoms with Gasteiger partial charge in [-0.1, -0.05) is 12.1 Å². The fourth-order valence-electron chi connectivity index (χ4n) is 5.21. The molecule has 6 rings (SSSR count). The maximum Gasteiger partial charge on any atom is 0.244 e. The van der Waals surface area contributed by atoms with Gasteiger partial charge in [-0.15, -0.1) is 0 Å². The molecule has 1 aliphatic heterocycles. The van der Waals surface area contributed by atoms with Gasteiger partial charge in [-0.05, 0) is 61.0 Å². The topological polar surface area (TPSA) is 154 Å². The number of nitrogens with two attached hydrogens (primary N) is 1. The number of aromatic nitrogens is 4. The van der Waals surface area contributed by atoms with Crippen LogP contribution in [0.2, 0.25) is 0 Å². The molecule has 2 aromatic carbocycles. The van der Waals surface area contributed by atoms with Gasteiger partial charge in [0.2, 0.25) is 16.0 Å². The highest BCUT2D eigenvalue weighted by atomic mass is 32.2. The Hall–Kier alpha value is -4.72. The fraction of sp³-hybridized carbons (Fsp3) is 0.233. The number of methoxy groups -OCH3 is 1. The summed E-state index contributed by atoms with van der Waals surface area (Å²) in [5, 5.41) is 7.30. The zero-order valence-corrected chi connectivity index (χ0v) is 25.2. The average Bonchev–Trinajstić information content (AvgIpc) is 3.41. The molecule has 12 nitrogen and oxygen atoms in total. The van der Waals surface area contributed by atoms with E-state index in [1.54, 1.807) is 43.6 Å². The average molecular weight is 600 g/mol. The molecule has 0 fully saturated rings. The van der Waals surface area contributed by atoms with Crippen molar-refractivity contribution in [3.8, 4) is 16.9 Å². The number of nitrogens with zero attached hydrogens (tertiary/aromatic N) is 5. The third-order valence-corrected chi connectivity index (χ3v) is 9.37. The van der Waals surface area contributed by atoms with E-state index in [2.05, 4.69) is 44.7 Å². The van der Waals surface area contributed by atoms with Crippen LogP contribution in [-0.2, 0) is 23.0 Å². The number of aromatic amines is 1. The van der Waals surface area contributed by atoms with E-state index in [0.29, 0.717) is 40.1 Å². The number of H-pyrrole nitrogens is 1. The van der Waals surface area contributed by atoms with Crippen molar-refractivity contribution >= 4 is 50.0 Å². The number of hydrogen-bond acceptors (Lipinski definition) is 10. The van der Waals surface area contributed by atoms with Crippen molar-refractivity contribution in [1.29, 1.82) is 0 Å². The summed E-state index contributed by atoms with van der Waals surface area (Å²) in [5.41, 5.74) is 11.5. The van der Waals surface area contributed by atoms with Crippen molar-refractivity contribution < 1.29 is 13.2 Å². The van der Waals surface area contributed by atoms with Gasteiger partial charge in [-0.25, -0.2) is 17.7 Å². The lowest BCUT2D eigenvalue weighted by molar-refractivity contribution is 0.312. The molecule has 0 amide bonds. The number of ether oxygens (including phenoxy) is 1. The van der Waals surface area contributed by atoms with Gasteiger partial charge in [0.1, 0.15) is 27.9 Å². The summed E-state index contributed by atoms with van der Waals surface area (Å²) in [5.74, 6) is 1.79. The van der Waals surface area contributed by atoms with Gasteiger partial charge in [-0.2, -0.15) is 9.97 Å². The third-order valence-electron chi connectivity index (χ3n) is 7.50. The van der Waals surface area contributed by atoms with E-state index in [-0.39, 0.29) is 4.90 Å². The summed E-state index contributed by atoms with van der Waals surface area (Å²) >= 11 is 0. The second kappa shape index (κ2) is 11.2. The maximum absolute atomic E-state index is 13.2. The van der Waals surface area contributed by atoms with E-state index < -0.39 is 10.0 Å². The molecule has 0 unspecified atom stereocenters. The normalized spacial score (nSPS) is 13.7. The summed E-state index contributed by atoms with van der Waals surface area (Å²) in [7, 11) is 2.98. The first-order valence-electron chi connectivity index (χ1n) is 13.7. The molecule has 0 radical (unpaired) electrons. The van der Waals surface area contributed by atoms with E-state index in [0.717, 1.165) is 36.3 Å². The van der Waals surface area contributed by atoms with Gasteiger partial charge >= 0.3 is 0 Å². The maximum atomic E-state index is 13.2. The Labute approximate surface area is 250 Å². The number of fused-ring (bicyclic) bond motifs is 2. The van der Waals surface area contributed by atoms with Crippen LogP contribution in [0.15, 0.2) is 65.8 Å². The van der Waals surface area contributed by atoms with E-state index in [9.17, 15) is 8.42 Å². The number of rotatable bonds is 8. The molecular formula is C30H33N9O3S. The first-order chi connectivity index (χ1) is 20.6. The molecule has 3 aromatic heterocycles. The van der Waals surface area contributed by atoms with Gasteiger partial charge in [-0.3, -0.25) is 0 Å². The Morgan fingerprint density at radius 2 is 1.86 bits per heavy atom. The molecule has 0 spiro atoms. The SMILES string of the molecule is COc1cc2c(cc1Nc1nc(Nc3ccccc3S(=O)(=O)N(C)C)c3c(-c4ccc(N)nc4)c[nH]c3n1)CN(C)CC2. The van der Waals surface area contributed by atoms with Gasteiger partial charge < -0.3 is 31.0 Å². The molecule has 1 aliphatic rings. The first-order valence-corrected chi connectivity index (χ1v) is 15.1. The van der Waals surface area contributed by atoms with Crippen molar-refractivity contribution in [3.63, 3.8) is 0 Å². The molecule has 0 bridgehead atoms.